The van der Waals surface area contributed by atoms with Gasteiger partial charge in [-0.3, -0.25) is 4.79 Å². The van der Waals surface area contributed by atoms with Crippen LogP contribution in [0.1, 0.15) is 55.4 Å². The third-order valence-electron chi connectivity index (χ3n) is 4.94. The fraction of sp³-hybridized carbons (Fsp3) is 0.833. The fourth-order valence-corrected chi connectivity index (χ4v) is 2.51. The van der Waals surface area contributed by atoms with Crippen molar-refractivity contribution in [1.29, 1.82) is 0 Å². The number of allylic oxidation sites excluding steroid dienone is 1. The van der Waals surface area contributed by atoms with E-state index in [9.17, 15) is 39.9 Å². The highest BCUT2D eigenvalue weighted by atomic mass is 19.4. The monoisotopic (exact) mass is 442 g/mol. The standard InChI is InChI=1S/C18H26F8O3/c1-10(2)9-14(8,12(3,4)5)11(27)29-13(6,7)16(19,20)15(28,17(21,22)23)18(24,25)26/h9,28H,1-8H3. The summed E-state index contributed by atoms with van der Waals surface area (Å²) in [6, 6.07) is 0. The second-order valence-electron chi connectivity index (χ2n) is 8.85. The van der Waals surface area contributed by atoms with Gasteiger partial charge in [-0.2, -0.15) is 35.1 Å². The molecule has 0 aromatic carbocycles. The van der Waals surface area contributed by atoms with Gasteiger partial charge in [-0.1, -0.05) is 32.4 Å². The number of rotatable bonds is 5. The SMILES string of the molecule is CC(C)=CC(C)(C(=O)OC(C)(C)C(F)(F)C(O)(C(F)(F)F)C(F)(F)F)C(C)(C)C. The Morgan fingerprint density at radius 3 is 1.38 bits per heavy atom. The second kappa shape index (κ2) is 7.39. The van der Waals surface area contributed by atoms with Crippen molar-refractivity contribution in [3.05, 3.63) is 11.6 Å². The lowest BCUT2D eigenvalue weighted by atomic mass is 9.67. The van der Waals surface area contributed by atoms with Crippen LogP contribution in [0, 0.1) is 10.8 Å². The maximum atomic E-state index is 14.6. The average molecular weight is 442 g/mol. The number of alkyl halides is 8. The molecule has 0 aliphatic carbocycles. The zero-order chi connectivity index (χ0) is 24.1. The van der Waals surface area contributed by atoms with Gasteiger partial charge in [0.25, 0.3) is 0 Å². The summed E-state index contributed by atoms with van der Waals surface area (Å²) in [4.78, 5) is 12.7. The van der Waals surface area contributed by atoms with E-state index < -0.39 is 46.3 Å². The minimum Gasteiger partial charge on any atom is -0.452 e. The topological polar surface area (TPSA) is 46.5 Å². The van der Waals surface area contributed by atoms with E-state index in [1.165, 1.54) is 33.8 Å². The fourth-order valence-electron chi connectivity index (χ4n) is 2.51. The molecule has 0 radical (unpaired) electrons. The van der Waals surface area contributed by atoms with Gasteiger partial charge in [0.15, 0.2) is 5.60 Å². The molecule has 0 heterocycles. The molecule has 0 fully saturated rings. The van der Waals surface area contributed by atoms with Crippen LogP contribution in [0.15, 0.2) is 11.6 Å². The van der Waals surface area contributed by atoms with E-state index in [1.807, 2.05) is 0 Å². The average Bonchev–Trinajstić information content (AvgIpc) is 2.40. The van der Waals surface area contributed by atoms with Crippen LogP contribution in [-0.2, 0) is 9.53 Å². The first kappa shape index (κ1) is 27.6. The molecular weight excluding hydrogens is 416 g/mol. The molecule has 3 nitrogen and oxygen atoms in total. The molecule has 0 aromatic heterocycles. The lowest BCUT2D eigenvalue weighted by molar-refractivity contribution is -0.441. The van der Waals surface area contributed by atoms with E-state index in [-0.39, 0.29) is 13.8 Å². The highest BCUT2D eigenvalue weighted by Crippen LogP contribution is 2.56. The Labute approximate surface area is 164 Å². The minimum absolute atomic E-state index is 0.180. The van der Waals surface area contributed by atoms with Gasteiger partial charge in [0, 0.05) is 0 Å². The summed E-state index contributed by atoms with van der Waals surface area (Å²) in [6.45, 7) is 9.28. The van der Waals surface area contributed by atoms with E-state index in [4.69, 9.17) is 5.11 Å². The van der Waals surface area contributed by atoms with E-state index >= 15 is 0 Å². The van der Waals surface area contributed by atoms with E-state index in [0.717, 1.165) is 0 Å². The van der Waals surface area contributed by atoms with Gasteiger partial charge in [-0.25, -0.2) is 0 Å². The molecule has 1 unspecified atom stereocenters. The van der Waals surface area contributed by atoms with Crippen LogP contribution in [0.2, 0.25) is 0 Å². The van der Waals surface area contributed by atoms with Crippen LogP contribution in [0.4, 0.5) is 35.1 Å². The van der Waals surface area contributed by atoms with E-state index in [0.29, 0.717) is 5.57 Å². The van der Waals surface area contributed by atoms with Crippen LogP contribution in [0.3, 0.4) is 0 Å². The summed E-state index contributed by atoms with van der Waals surface area (Å²) in [5.41, 5.74) is -12.3. The Hall–Kier alpha value is -1.39. The Morgan fingerprint density at radius 1 is 0.793 bits per heavy atom. The number of aliphatic hydroxyl groups is 1. The molecule has 0 saturated heterocycles. The van der Waals surface area contributed by atoms with Gasteiger partial charge in [-0.15, -0.1) is 0 Å². The summed E-state index contributed by atoms with van der Waals surface area (Å²) >= 11 is 0. The molecule has 172 valence electrons. The van der Waals surface area contributed by atoms with Gasteiger partial charge >= 0.3 is 29.8 Å². The van der Waals surface area contributed by atoms with E-state index in [1.54, 1.807) is 13.8 Å². The van der Waals surface area contributed by atoms with Crippen molar-refractivity contribution < 1.29 is 49.8 Å². The smallest absolute Gasteiger partial charge is 0.432 e. The molecule has 1 N–H and O–H groups in total. The highest BCUT2D eigenvalue weighted by Gasteiger charge is 2.86. The van der Waals surface area contributed by atoms with Crippen molar-refractivity contribution in [2.45, 2.75) is 84.9 Å². The number of carbonyl (C=O) groups excluding carboxylic acids is 1. The summed E-state index contributed by atoms with van der Waals surface area (Å²) < 4.78 is 111. The highest BCUT2D eigenvalue weighted by molar-refractivity contribution is 5.80. The first-order valence-electron chi connectivity index (χ1n) is 8.43. The summed E-state index contributed by atoms with van der Waals surface area (Å²) in [7, 11) is 0. The number of halogens is 8. The largest absolute Gasteiger partial charge is 0.452 e. The Morgan fingerprint density at radius 2 is 1.14 bits per heavy atom. The van der Waals surface area contributed by atoms with Crippen LogP contribution in [-0.4, -0.2) is 40.6 Å². The zero-order valence-electron chi connectivity index (χ0n) is 17.4. The van der Waals surface area contributed by atoms with Gasteiger partial charge < -0.3 is 9.84 Å². The van der Waals surface area contributed by atoms with Crippen LogP contribution in [0.5, 0.6) is 0 Å². The molecule has 0 aliphatic rings. The van der Waals surface area contributed by atoms with Crippen molar-refractivity contribution >= 4 is 5.97 Å². The number of hydrogen-bond acceptors (Lipinski definition) is 3. The van der Waals surface area contributed by atoms with Crippen LogP contribution >= 0.6 is 0 Å². The predicted molar refractivity (Wildman–Crippen MR) is 89.2 cm³/mol. The minimum atomic E-state index is -6.80. The van der Waals surface area contributed by atoms with E-state index in [2.05, 4.69) is 4.74 Å². The molecule has 11 heteroatoms. The molecule has 0 bridgehead atoms. The molecular formula is C18H26F8O3. The van der Waals surface area contributed by atoms with Crippen molar-refractivity contribution in [2.24, 2.45) is 10.8 Å². The lowest BCUT2D eigenvalue weighted by Crippen LogP contribution is -2.74. The van der Waals surface area contributed by atoms with Gasteiger partial charge in [-0.05, 0) is 40.0 Å². The molecule has 0 saturated carbocycles. The van der Waals surface area contributed by atoms with Gasteiger partial charge in [0.2, 0.25) is 0 Å². The van der Waals surface area contributed by atoms with Crippen molar-refractivity contribution in [1.82, 2.24) is 0 Å². The Bertz CT molecular complexity index is 635. The molecule has 29 heavy (non-hydrogen) atoms. The maximum absolute atomic E-state index is 14.6. The third-order valence-corrected chi connectivity index (χ3v) is 4.94. The Kier molecular flexibility index (Phi) is 7.03. The van der Waals surface area contributed by atoms with Crippen molar-refractivity contribution in [3.63, 3.8) is 0 Å². The number of carbonyl (C=O) groups is 1. The number of hydrogen-bond donors (Lipinski definition) is 1. The van der Waals surface area contributed by atoms with Gasteiger partial charge in [0.1, 0.15) is 0 Å². The molecule has 1 atom stereocenters. The Balaban J connectivity index is 6.51. The molecule has 0 spiro atoms. The summed E-state index contributed by atoms with van der Waals surface area (Å²) in [6.07, 6.45) is -12.3. The molecule has 0 rings (SSSR count). The maximum Gasteiger partial charge on any atom is 0.432 e. The van der Waals surface area contributed by atoms with Crippen molar-refractivity contribution in [2.75, 3.05) is 0 Å². The van der Waals surface area contributed by atoms with Gasteiger partial charge in [0.05, 0.1) is 5.41 Å². The molecule has 0 aliphatic heterocycles. The van der Waals surface area contributed by atoms with Crippen LogP contribution < -0.4 is 0 Å². The molecule has 0 aromatic rings. The zero-order valence-corrected chi connectivity index (χ0v) is 17.4. The number of esters is 1. The predicted octanol–water partition coefficient (Wildman–Crippen LogP) is 5.82. The van der Waals surface area contributed by atoms with Crippen molar-refractivity contribution in [3.8, 4) is 0 Å². The summed E-state index contributed by atoms with van der Waals surface area (Å²) in [5.74, 6) is -7.45. The normalized spacial score (nSPS) is 16.9. The number of ether oxygens (including phenoxy) is 1. The van der Waals surface area contributed by atoms with Crippen LogP contribution in [0.25, 0.3) is 0 Å². The lowest BCUT2D eigenvalue weighted by Gasteiger charge is -2.46. The first-order chi connectivity index (χ1) is 12.3. The second-order valence-corrected chi connectivity index (χ2v) is 8.85. The summed E-state index contributed by atoms with van der Waals surface area (Å²) in [5, 5.41) is 9.17. The first-order valence-corrected chi connectivity index (χ1v) is 8.43. The molecule has 0 amide bonds. The quantitative estimate of drug-likeness (QED) is 0.332. The third kappa shape index (κ3) is 4.54.